The van der Waals surface area contributed by atoms with Gasteiger partial charge in [-0.3, -0.25) is 4.99 Å². The number of thioether (sulfide) groups is 2. The van der Waals surface area contributed by atoms with Crippen LogP contribution in [-0.4, -0.2) is 36.5 Å². The summed E-state index contributed by atoms with van der Waals surface area (Å²) in [5.41, 5.74) is 2.52. The van der Waals surface area contributed by atoms with E-state index in [-0.39, 0.29) is 0 Å². The fourth-order valence-corrected chi connectivity index (χ4v) is 5.48. The molecule has 6 heteroatoms. The predicted octanol–water partition coefficient (Wildman–Crippen LogP) is 4.32. The Balaban J connectivity index is 1.90. The van der Waals surface area contributed by atoms with Crippen molar-refractivity contribution in [2.45, 2.75) is 0 Å². The van der Waals surface area contributed by atoms with Crippen LogP contribution in [0.4, 0.5) is 0 Å². The minimum atomic E-state index is 0.895. The van der Waals surface area contributed by atoms with Gasteiger partial charge in [-0.2, -0.15) is 0 Å². The molecule has 0 saturated heterocycles. The molecule has 2 aliphatic heterocycles. The number of benzene rings is 1. The first-order chi connectivity index (χ1) is 10.3. The first-order valence-corrected chi connectivity index (χ1v) is 9.57. The van der Waals surface area contributed by atoms with Crippen LogP contribution in [0, 0.1) is 0 Å². The van der Waals surface area contributed by atoms with Gasteiger partial charge in [0.25, 0.3) is 0 Å². The van der Waals surface area contributed by atoms with Gasteiger partial charge in [-0.15, -0.1) is 23.1 Å². The summed E-state index contributed by atoms with van der Waals surface area (Å²) < 4.78 is 8.18. The Bertz CT molecular complexity index is 778. The van der Waals surface area contributed by atoms with Crippen molar-refractivity contribution in [3.8, 4) is 5.75 Å². The Kier molecular flexibility index (Phi) is 3.40. The molecule has 0 N–H and O–H groups in total. The van der Waals surface area contributed by atoms with Crippen LogP contribution in [0.25, 0.3) is 15.8 Å². The molecule has 0 bridgehead atoms. The van der Waals surface area contributed by atoms with Gasteiger partial charge in [-0.1, -0.05) is 0 Å². The van der Waals surface area contributed by atoms with Gasteiger partial charge >= 0.3 is 0 Å². The van der Waals surface area contributed by atoms with Crippen LogP contribution in [0.5, 0.6) is 5.75 Å². The van der Waals surface area contributed by atoms with E-state index in [4.69, 9.17) is 4.74 Å². The number of hydrogen-bond donors (Lipinski definition) is 0. The van der Waals surface area contributed by atoms with E-state index in [1.165, 1.54) is 25.6 Å². The molecule has 0 fully saturated rings. The molecule has 4 rings (SSSR count). The average molecular weight is 334 g/mol. The smallest absolute Gasteiger partial charge is 0.169 e. The van der Waals surface area contributed by atoms with Crippen molar-refractivity contribution in [2.75, 3.05) is 26.5 Å². The molecule has 1 aromatic heterocycles. The lowest BCUT2D eigenvalue weighted by atomic mass is 10.1. The number of aliphatic imine (C=N–C) groups is 1. The predicted molar refractivity (Wildman–Crippen MR) is 95.4 cm³/mol. The second-order valence-corrected chi connectivity index (χ2v) is 7.77. The standard InChI is InChI=1S/C15H14N2OS3/c1-18-11-7-9(8-12-10(11)3-6-20-12)13-14(19-2)21-15-16-4-5-17(13)15/h3,6-8H,4-5H2,1-2H3. The molecule has 0 unspecified atom stereocenters. The first kappa shape index (κ1) is 13.5. The molecule has 3 heterocycles. The Hall–Kier alpha value is -1.11. The van der Waals surface area contributed by atoms with E-state index in [2.05, 4.69) is 39.7 Å². The molecule has 3 nitrogen and oxygen atoms in total. The molecule has 0 saturated carbocycles. The van der Waals surface area contributed by atoms with Crippen molar-refractivity contribution in [3.63, 3.8) is 0 Å². The highest BCUT2D eigenvalue weighted by molar-refractivity contribution is 8.30. The highest BCUT2D eigenvalue weighted by Gasteiger charge is 2.33. The number of thiophene rings is 1. The average Bonchev–Trinajstić information content (AvgIpc) is 3.19. The maximum Gasteiger partial charge on any atom is 0.169 e. The summed E-state index contributed by atoms with van der Waals surface area (Å²) in [6.45, 7) is 1.87. The number of amidine groups is 1. The molecular formula is C15H14N2OS3. The lowest BCUT2D eigenvalue weighted by Gasteiger charge is -2.18. The summed E-state index contributed by atoms with van der Waals surface area (Å²) in [5.74, 6) is 0.950. The first-order valence-electron chi connectivity index (χ1n) is 6.65. The van der Waals surface area contributed by atoms with Crippen LogP contribution in [0.2, 0.25) is 0 Å². The summed E-state index contributed by atoms with van der Waals surface area (Å²) in [6, 6.07) is 6.55. The van der Waals surface area contributed by atoms with Gasteiger partial charge in [0.05, 0.1) is 23.6 Å². The van der Waals surface area contributed by atoms with Gasteiger partial charge in [0, 0.05) is 22.2 Å². The third-order valence-electron chi connectivity index (χ3n) is 3.66. The lowest BCUT2D eigenvalue weighted by molar-refractivity contribution is 0.419. The van der Waals surface area contributed by atoms with Crippen molar-refractivity contribution in [1.29, 1.82) is 0 Å². The van der Waals surface area contributed by atoms with E-state index < -0.39 is 0 Å². The van der Waals surface area contributed by atoms with E-state index in [0.717, 1.165) is 24.0 Å². The van der Waals surface area contributed by atoms with Crippen LogP contribution in [0.3, 0.4) is 0 Å². The van der Waals surface area contributed by atoms with Crippen molar-refractivity contribution in [3.05, 3.63) is 33.4 Å². The number of methoxy groups -OCH3 is 1. The maximum atomic E-state index is 5.59. The molecule has 0 spiro atoms. The zero-order valence-electron chi connectivity index (χ0n) is 11.8. The topological polar surface area (TPSA) is 24.8 Å². The molecule has 2 aromatic rings. The highest BCUT2D eigenvalue weighted by atomic mass is 32.2. The number of ether oxygens (including phenoxy) is 1. The van der Waals surface area contributed by atoms with Crippen LogP contribution >= 0.6 is 34.9 Å². The van der Waals surface area contributed by atoms with Crippen LogP contribution < -0.4 is 4.74 Å². The normalized spacial score (nSPS) is 17.6. The van der Waals surface area contributed by atoms with Crippen LogP contribution in [0.1, 0.15) is 5.56 Å². The highest BCUT2D eigenvalue weighted by Crippen LogP contribution is 2.47. The zero-order chi connectivity index (χ0) is 14.4. The molecule has 0 amide bonds. The Morgan fingerprint density at radius 2 is 2.29 bits per heavy atom. The fourth-order valence-electron chi connectivity index (χ4n) is 2.72. The minimum Gasteiger partial charge on any atom is -0.496 e. The Labute approximate surface area is 136 Å². The van der Waals surface area contributed by atoms with Crippen molar-refractivity contribution < 1.29 is 4.74 Å². The monoisotopic (exact) mass is 334 g/mol. The van der Waals surface area contributed by atoms with Gasteiger partial charge in [-0.05, 0) is 41.6 Å². The third kappa shape index (κ3) is 2.08. The molecule has 0 aliphatic carbocycles. The quantitative estimate of drug-likeness (QED) is 0.835. The number of fused-ring (bicyclic) bond motifs is 2. The number of hydrogen-bond acceptors (Lipinski definition) is 6. The van der Waals surface area contributed by atoms with Crippen LogP contribution in [-0.2, 0) is 0 Å². The molecule has 1 aromatic carbocycles. The summed E-state index contributed by atoms with van der Waals surface area (Å²) >= 11 is 5.34. The second-order valence-electron chi connectivity index (χ2n) is 4.77. The summed E-state index contributed by atoms with van der Waals surface area (Å²) in [5, 5.41) is 4.45. The van der Waals surface area contributed by atoms with E-state index in [0.29, 0.717) is 0 Å². The fraction of sp³-hybridized carbons (Fsp3) is 0.267. The van der Waals surface area contributed by atoms with E-state index in [1.807, 2.05) is 0 Å². The SMILES string of the molecule is COc1cc(C2=C(SC)SC3=NCCN32)cc2sccc12. The Morgan fingerprint density at radius 3 is 3.10 bits per heavy atom. The summed E-state index contributed by atoms with van der Waals surface area (Å²) in [6.07, 6.45) is 2.13. The summed E-state index contributed by atoms with van der Waals surface area (Å²) in [4.78, 5) is 6.93. The number of rotatable bonds is 3. The summed E-state index contributed by atoms with van der Waals surface area (Å²) in [7, 11) is 1.74. The van der Waals surface area contributed by atoms with Crippen molar-refractivity contribution >= 4 is 55.8 Å². The van der Waals surface area contributed by atoms with E-state index in [9.17, 15) is 0 Å². The second kappa shape index (κ2) is 5.26. The minimum absolute atomic E-state index is 0.895. The third-order valence-corrected chi connectivity index (χ3v) is 6.75. The van der Waals surface area contributed by atoms with Crippen LogP contribution in [0.15, 0.2) is 32.8 Å². The lowest BCUT2D eigenvalue weighted by Crippen LogP contribution is -2.20. The number of nitrogens with zero attached hydrogens (tertiary/aromatic N) is 2. The van der Waals surface area contributed by atoms with Gasteiger partial charge in [0.2, 0.25) is 0 Å². The van der Waals surface area contributed by atoms with Crippen molar-refractivity contribution in [1.82, 2.24) is 4.90 Å². The molecular weight excluding hydrogens is 320 g/mol. The van der Waals surface area contributed by atoms with Gasteiger partial charge in [0.1, 0.15) is 5.75 Å². The van der Waals surface area contributed by atoms with Gasteiger partial charge < -0.3 is 9.64 Å². The molecule has 21 heavy (non-hydrogen) atoms. The molecule has 2 aliphatic rings. The molecule has 108 valence electrons. The maximum absolute atomic E-state index is 5.59. The van der Waals surface area contributed by atoms with E-state index in [1.54, 1.807) is 42.0 Å². The largest absolute Gasteiger partial charge is 0.496 e. The zero-order valence-corrected chi connectivity index (χ0v) is 14.2. The van der Waals surface area contributed by atoms with Gasteiger partial charge in [-0.25, -0.2) is 0 Å². The van der Waals surface area contributed by atoms with Crippen molar-refractivity contribution in [2.24, 2.45) is 4.99 Å². The van der Waals surface area contributed by atoms with E-state index >= 15 is 0 Å². The molecule has 0 radical (unpaired) electrons. The van der Waals surface area contributed by atoms with Gasteiger partial charge in [0.15, 0.2) is 5.17 Å². The molecule has 0 atom stereocenters. The Morgan fingerprint density at radius 1 is 1.38 bits per heavy atom.